The van der Waals surface area contributed by atoms with Crippen LogP contribution in [0.3, 0.4) is 0 Å². The summed E-state index contributed by atoms with van der Waals surface area (Å²) >= 11 is 1.59. The molecule has 1 aromatic carbocycles. The van der Waals surface area contributed by atoms with Crippen molar-refractivity contribution in [2.24, 2.45) is 0 Å². The number of aromatic nitrogens is 3. The van der Waals surface area contributed by atoms with Crippen LogP contribution >= 0.6 is 11.3 Å². The Bertz CT molecular complexity index is 1250. The van der Waals surface area contributed by atoms with E-state index in [1.807, 2.05) is 68.6 Å². The molecular formula is C24H25N5O2S. The number of nitrogens with one attached hydrogen (secondary N) is 2. The van der Waals surface area contributed by atoms with Crippen LogP contribution in [0.15, 0.2) is 54.0 Å². The minimum atomic E-state index is -0.215. The van der Waals surface area contributed by atoms with Crippen molar-refractivity contribution in [1.29, 1.82) is 0 Å². The lowest BCUT2D eigenvalue weighted by Gasteiger charge is -2.16. The third kappa shape index (κ3) is 4.40. The molecule has 2 N–H and O–H groups in total. The minimum Gasteiger partial charge on any atom is -0.345 e. The normalized spacial score (nSPS) is 12.0. The van der Waals surface area contributed by atoms with E-state index in [0.717, 1.165) is 27.2 Å². The summed E-state index contributed by atoms with van der Waals surface area (Å²) < 4.78 is 1.80. The second-order valence-corrected chi connectivity index (χ2v) is 8.40. The number of hydrogen-bond donors (Lipinski definition) is 2. The van der Waals surface area contributed by atoms with Gasteiger partial charge in [-0.25, -0.2) is 9.67 Å². The van der Waals surface area contributed by atoms with E-state index in [4.69, 9.17) is 4.98 Å². The first-order chi connectivity index (χ1) is 15.5. The molecule has 2 amide bonds. The number of anilines is 1. The molecule has 3 heterocycles. The number of rotatable bonds is 7. The van der Waals surface area contributed by atoms with Crippen LogP contribution in [0.4, 0.5) is 5.69 Å². The molecule has 4 aromatic rings. The van der Waals surface area contributed by atoms with Gasteiger partial charge in [0, 0.05) is 18.7 Å². The van der Waals surface area contributed by atoms with Crippen LogP contribution in [0, 0.1) is 0 Å². The standard InChI is InChI=1S/C24H25N5O2S/c1-4-22(30)27-17-10-8-16(9-11-17)15(3)26-24(31)18-13-20(21-7-6-12-32-21)28-23-19(18)14-25-29(23)5-2/h6-15H,4-5H2,1-3H3,(H,26,31)(H,27,30). The van der Waals surface area contributed by atoms with Gasteiger partial charge in [-0.1, -0.05) is 25.1 Å². The van der Waals surface area contributed by atoms with Crippen molar-refractivity contribution in [1.82, 2.24) is 20.1 Å². The molecule has 0 aliphatic carbocycles. The van der Waals surface area contributed by atoms with Crippen molar-refractivity contribution >= 4 is 39.9 Å². The summed E-state index contributed by atoms with van der Waals surface area (Å²) in [6.45, 7) is 6.42. The molecule has 32 heavy (non-hydrogen) atoms. The average Bonchev–Trinajstić information content (AvgIpc) is 3.48. The summed E-state index contributed by atoms with van der Waals surface area (Å²) in [6.07, 6.45) is 2.13. The van der Waals surface area contributed by atoms with Gasteiger partial charge in [0.2, 0.25) is 5.91 Å². The van der Waals surface area contributed by atoms with Crippen molar-refractivity contribution < 1.29 is 9.59 Å². The third-order valence-electron chi connectivity index (χ3n) is 5.29. The van der Waals surface area contributed by atoms with Gasteiger partial charge in [-0.3, -0.25) is 9.59 Å². The quantitative estimate of drug-likeness (QED) is 0.416. The van der Waals surface area contributed by atoms with Crippen LogP contribution in [-0.4, -0.2) is 26.6 Å². The number of aryl methyl sites for hydroxylation is 1. The van der Waals surface area contributed by atoms with E-state index in [2.05, 4.69) is 15.7 Å². The van der Waals surface area contributed by atoms with Gasteiger partial charge in [0.15, 0.2) is 5.65 Å². The highest BCUT2D eigenvalue weighted by Crippen LogP contribution is 2.28. The van der Waals surface area contributed by atoms with Gasteiger partial charge in [0.25, 0.3) is 5.91 Å². The molecule has 164 valence electrons. The maximum atomic E-state index is 13.3. The second kappa shape index (κ2) is 9.32. The van der Waals surface area contributed by atoms with E-state index in [1.54, 1.807) is 22.2 Å². The lowest BCUT2D eigenvalue weighted by Crippen LogP contribution is -2.27. The van der Waals surface area contributed by atoms with E-state index in [-0.39, 0.29) is 17.9 Å². The van der Waals surface area contributed by atoms with Crippen molar-refractivity contribution in [3.63, 3.8) is 0 Å². The molecule has 0 saturated heterocycles. The Hall–Kier alpha value is -3.52. The molecule has 0 saturated carbocycles. The second-order valence-electron chi connectivity index (χ2n) is 7.45. The number of nitrogens with zero attached hydrogens (tertiary/aromatic N) is 3. The van der Waals surface area contributed by atoms with Gasteiger partial charge in [-0.15, -0.1) is 11.3 Å². The van der Waals surface area contributed by atoms with Gasteiger partial charge in [0.05, 0.1) is 33.8 Å². The van der Waals surface area contributed by atoms with Crippen LogP contribution in [-0.2, 0) is 11.3 Å². The number of thiophene rings is 1. The fourth-order valence-corrected chi connectivity index (χ4v) is 4.17. The number of amides is 2. The largest absolute Gasteiger partial charge is 0.345 e. The highest BCUT2D eigenvalue weighted by molar-refractivity contribution is 7.13. The topological polar surface area (TPSA) is 88.9 Å². The first-order valence-electron chi connectivity index (χ1n) is 10.6. The molecule has 0 bridgehead atoms. The summed E-state index contributed by atoms with van der Waals surface area (Å²) in [7, 11) is 0. The molecule has 0 aliphatic rings. The third-order valence-corrected chi connectivity index (χ3v) is 6.18. The van der Waals surface area contributed by atoms with Gasteiger partial charge < -0.3 is 10.6 Å². The zero-order valence-corrected chi connectivity index (χ0v) is 19.1. The Kier molecular flexibility index (Phi) is 6.32. The minimum absolute atomic E-state index is 0.0324. The van der Waals surface area contributed by atoms with E-state index >= 15 is 0 Å². The lowest BCUT2D eigenvalue weighted by molar-refractivity contribution is -0.115. The molecule has 3 aromatic heterocycles. The molecule has 8 heteroatoms. The number of hydrogen-bond acceptors (Lipinski definition) is 5. The zero-order valence-electron chi connectivity index (χ0n) is 18.3. The van der Waals surface area contributed by atoms with Crippen molar-refractivity contribution in [3.05, 3.63) is 65.2 Å². The van der Waals surface area contributed by atoms with E-state index < -0.39 is 0 Å². The van der Waals surface area contributed by atoms with Crippen LogP contribution in [0.5, 0.6) is 0 Å². The van der Waals surface area contributed by atoms with Crippen LogP contribution < -0.4 is 10.6 Å². The van der Waals surface area contributed by atoms with Crippen molar-refractivity contribution in [2.45, 2.75) is 39.8 Å². The molecule has 4 rings (SSSR count). The molecule has 0 radical (unpaired) electrons. The Balaban J connectivity index is 1.60. The van der Waals surface area contributed by atoms with E-state index in [1.165, 1.54) is 0 Å². The maximum absolute atomic E-state index is 13.3. The molecule has 7 nitrogen and oxygen atoms in total. The summed E-state index contributed by atoms with van der Waals surface area (Å²) in [5.41, 5.74) is 3.70. The smallest absolute Gasteiger partial charge is 0.252 e. The summed E-state index contributed by atoms with van der Waals surface area (Å²) in [6, 6.07) is 13.1. The number of fused-ring (bicyclic) bond motifs is 1. The predicted octanol–water partition coefficient (Wildman–Crippen LogP) is 5.02. The van der Waals surface area contributed by atoms with Crippen LogP contribution in [0.2, 0.25) is 0 Å². The Morgan fingerprint density at radius 1 is 1.16 bits per heavy atom. The van der Waals surface area contributed by atoms with Gasteiger partial charge in [-0.2, -0.15) is 5.10 Å². The zero-order chi connectivity index (χ0) is 22.7. The predicted molar refractivity (Wildman–Crippen MR) is 128 cm³/mol. The van der Waals surface area contributed by atoms with Crippen molar-refractivity contribution in [3.8, 4) is 10.6 Å². The van der Waals surface area contributed by atoms with Gasteiger partial charge in [0.1, 0.15) is 0 Å². The van der Waals surface area contributed by atoms with Crippen LogP contribution in [0.25, 0.3) is 21.6 Å². The van der Waals surface area contributed by atoms with Gasteiger partial charge in [-0.05, 0) is 49.1 Å². The SMILES string of the molecule is CCC(=O)Nc1ccc(C(C)NC(=O)c2cc(-c3cccs3)nc3c2cnn3CC)cc1. The fourth-order valence-electron chi connectivity index (χ4n) is 3.48. The maximum Gasteiger partial charge on any atom is 0.252 e. The van der Waals surface area contributed by atoms with Crippen LogP contribution in [0.1, 0.15) is 49.2 Å². The molecule has 1 unspecified atom stereocenters. The van der Waals surface area contributed by atoms with Gasteiger partial charge >= 0.3 is 0 Å². The first kappa shape index (κ1) is 21.7. The highest BCUT2D eigenvalue weighted by Gasteiger charge is 2.19. The first-order valence-corrected chi connectivity index (χ1v) is 11.5. The average molecular weight is 448 g/mol. The molecule has 0 spiro atoms. The Morgan fingerprint density at radius 3 is 2.59 bits per heavy atom. The lowest BCUT2D eigenvalue weighted by atomic mass is 10.1. The number of pyridine rings is 1. The number of benzene rings is 1. The summed E-state index contributed by atoms with van der Waals surface area (Å²) in [5, 5.41) is 13.0. The molecular weight excluding hydrogens is 422 g/mol. The van der Waals surface area contributed by atoms with Crippen molar-refractivity contribution in [2.75, 3.05) is 5.32 Å². The monoisotopic (exact) mass is 447 g/mol. The molecule has 0 fully saturated rings. The summed E-state index contributed by atoms with van der Waals surface area (Å²) in [5.74, 6) is -0.211. The number of carbonyl (C=O) groups excluding carboxylic acids is 2. The number of carbonyl (C=O) groups is 2. The van der Waals surface area contributed by atoms with E-state index in [9.17, 15) is 9.59 Å². The fraction of sp³-hybridized carbons (Fsp3) is 0.250. The Morgan fingerprint density at radius 2 is 1.94 bits per heavy atom. The highest BCUT2D eigenvalue weighted by atomic mass is 32.1. The molecule has 1 atom stereocenters. The molecule has 0 aliphatic heterocycles. The van der Waals surface area contributed by atoms with E-state index in [0.29, 0.717) is 24.2 Å². The summed E-state index contributed by atoms with van der Waals surface area (Å²) in [4.78, 5) is 30.6. The Labute approximate surface area is 190 Å².